The number of esters is 1. The highest BCUT2D eigenvalue weighted by Gasteiger charge is 2.21. The second-order valence-electron chi connectivity index (χ2n) is 4.91. The Morgan fingerprint density at radius 1 is 1.08 bits per heavy atom. The second-order valence-corrected chi connectivity index (χ2v) is 4.91. The summed E-state index contributed by atoms with van der Waals surface area (Å²) < 4.78 is 5.07. The Balaban J connectivity index is 1.93. The third-order valence-electron chi connectivity index (χ3n) is 3.39. The topological polar surface area (TPSA) is 123 Å². The standard InChI is InChI=1S/C16H10N2O6/c19-15(20)10-2-4-14(13(8-10)18(22)23)24-16(21)11-1-3-12-9(7-11)5-6-17-12/h1-8,17H,(H,19,20). The molecular weight excluding hydrogens is 316 g/mol. The number of nitro groups is 1. The van der Waals surface area contributed by atoms with Crippen LogP contribution in [0.2, 0.25) is 0 Å². The Morgan fingerprint density at radius 2 is 1.83 bits per heavy atom. The fraction of sp³-hybridized carbons (Fsp3) is 0. The summed E-state index contributed by atoms with van der Waals surface area (Å²) in [4.78, 5) is 36.3. The first kappa shape index (κ1) is 15.2. The van der Waals surface area contributed by atoms with Crippen LogP contribution in [0.4, 0.5) is 5.69 Å². The van der Waals surface area contributed by atoms with E-state index >= 15 is 0 Å². The molecule has 0 saturated heterocycles. The first-order chi connectivity index (χ1) is 11.5. The number of aromatic nitrogens is 1. The third-order valence-corrected chi connectivity index (χ3v) is 3.39. The smallest absolute Gasteiger partial charge is 0.343 e. The first-order valence-corrected chi connectivity index (χ1v) is 6.77. The summed E-state index contributed by atoms with van der Waals surface area (Å²) in [6.45, 7) is 0. The Morgan fingerprint density at radius 3 is 2.54 bits per heavy atom. The van der Waals surface area contributed by atoms with E-state index in [1.54, 1.807) is 24.4 Å². The largest absolute Gasteiger partial charge is 0.478 e. The number of H-pyrrole nitrogens is 1. The van der Waals surface area contributed by atoms with Gasteiger partial charge in [0, 0.05) is 23.2 Å². The Bertz CT molecular complexity index is 976. The predicted molar refractivity (Wildman–Crippen MR) is 83.3 cm³/mol. The number of aromatic carboxylic acids is 1. The van der Waals surface area contributed by atoms with E-state index in [2.05, 4.69) is 4.98 Å². The van der Waals surface area contributed by atoms with E-state index in [0.717, 1.165) is 29.1 Å². The van der Waals surface area contributed by atoms with Crippen molar-refractivity contribution < 1.29 is 24.4 Å². The van der Waals surface area contributed by atoms with Crippen LogP contribution in [-0.2, 0) is 0 Å². The lowest BCUT2D eigenvalue weighted by Crippen LogP contribution is -2.10. The van der Waals surface area contributed by atoms with Gasteiger partial charge in [0.1, 0.15) is 0 Å². The number of nitrogens with zero attached hydrogens (tertiary/aromatic N) is 1. The summed E-state index contributed by atoms with van der Waals surface area (Å²) >= 11 is 0. The van der Waals surface area contributed by atoms with E-state index in [4.69, 9.17) is 9.84 Å². The minimum atomic E-state index is -1.31. The molecule has 0 aliphatic carbocycles. The highest BCUT2D eigenvalue weighted by Crippen LogP contribution is 2.29. The van der Waals surface area contributed by atoms with Gasteiger partial charge in [-0.3, -0.25) is 10.1 Å². The third kappa shape index (κ3) is 2.80. The highest BCUT2D eigenvalue weighted by molar-refractivity contribution is 5.96. The van der Waals surface area contributed by atoms with E-state index in [-0.39, 0.29) is 16.9 Å². The molecule has 2 aromatic carbocycles. The normalized spacial score (nSPS) is 10.5. The number of carbonyl (C=O) groups is 2. The molecule has 3 aromatic rings. The van der Waals surface area contributed by atoms with Crippen molar-refractivity contribution in [3.05, 3.63) is 69.9 Å². The summed E-state index contributed by atoms with van der Waals surface area (Å²) in [7, 11) is 0. The molecule has 0 radical (unpaired) electrons. The molecule has 0 aliphatic rings. The average Bonchev–Trinajstić information content (AvgIpc) is 3.02. The lowest BCUT2D eigenvalue weighted by Gasteiger charge is -2.06. The van der Waals surface area contributed by atoms with E-state index in [9.17, 15) is 19.7 Å². The monoisotopic (exact) mass is 326 g/mol. The molecule has 0 spiro atoms. The number of rotatable bonds is 4. The molecule has 0 unspecified atom stereocenters. The molecule has 0 fully saturated rings. The SMILES string of the molecule is O=C(O)c1ccc(OC(=O)c2ccc3[nH]ccc3c2)c([N+](=O)[O-])c1. The first-order valence-electron chi connectivity index (χ1n) is 6.77. The lowest BCUT2D eigenvalue weighted by atomic mass is 10.1. The number of nitrogens with one attached hydrogen (secondary N) is 1. The van der Waals surface area contributed by atoms with Gasteiger partial charge >= 0.3 is 17.6 Å². The number of benzene rings is 2. The van der Waals surface area contributed by atoms with Crippen LogP contribution in [0.5, 0.6) is 5.75 Å². The fourth-order valence-corrected chi connectivity index (χ4v) is 2.22. The molecule has 3 rings (SSSR count). The molecule has 120 valence electrons. The van der Waals surface area contributed by atoms with Crippen LogP contribution in [0, 0.1) is 10.1 Å². The maximum atomic E-state index is 12.2. The maximum Gasteiger partial charge on any atom is 0.343 e. The minimum Gasteiger partial charge on any atom is -0.478 e. The predicted octanol–water partition coefficient (Wildman–Crippen LogP) is 2.99. The van der Waals surface area contributed by atoms with E-state index in [0.29, 0.717) is 0 Å². The summed E-state index contributed by atoms with van der Waals surface area (Å²) in [6.07, 6.45) is 1.72. The Hall–Kier alpha value is -3.68. The van der Waals surface area contributed by atoms with Gasteiger partial charge in [-0.1, -0.05) is 0 Å². The van der Waals surface area contributed by atoms with Gasteiger partial charge < -0.3 is 14.8 Å². The van der Waals surface area contributed by atoms with Crippen LogP contribution in [-0.4, -0.2) is 27.0 Å². The lowest BCUT2D eigenvalue weighted by molar-refractivity contribution is -0.385. The minimum absolute atomic E-state index is 0.221. The number of hydrogen-bond donors (Lipinski definition) is 2. The molecular formula is C16H10N2O6. The van der Waals surface area contributed by atoms with Crippen LogP contribution in [0.25, 0.3) is 10.9 Å². The number of carboxylic acid groups (broad SMARTS) is 1. The number of hydrogen-bond acceptors (Lipinski definition) is 5. The number of aromatic amines is 1. The Kier molecular flexibility index (Phi) is 3.70. The van der Waals surface area contributed by atoms with Crippen molar-refractivity contribution in [3.8, 4) is 5.75 Å². The molecule has 2 N–H and O–H groups in total. The number of carbonyl (C=O) groups excluding carboxylic acids is 1. The van der Waals surface area contributed by atoms with Crippen molar-refractivity contribution in [1.82, 2.24) is 4.98 Å². The molecule has 24 heavy (non-hydrogen) atoms. The van der Waals surface area contributed by atoms with Gasteiger partial charge in [0.25, 0.3) is 0 Å². The molecule has 0 atom stereocenters. The van der Waals surface area contributed by atoms with Crippen LogP contribution >= 0.6 is 0 Å². The molecule has 0 saturated carbocycles. The molecule has 0 bridgehead atoms. The molecule has 0 amide bonds. The molecule has 0 aliphatic heterocycles. The van der Waals surface area contributed by atoms with Crippen LogP contribution in [0.3, 0.4) is 0 Å². The van der Waals surface area contributed by atoms with Crippen molar-refractivity contribution in [2.75, 3.05) is 0 Å². The van der Waals surface area contributed by atoms with E-state index in [1.165, 1.54) is 6.07 Å². The van der Waals surface area contributed by atoms with Gasteiger partial charge in [0.05, 0.1) is 16.1 Å². The fourth-order valence-electron chi connectivity index (χ4n) is 2.22. The van der Waals surface area contributed by atoms with Gasteiger partial charge in [-0.2, -0.15) is 0 Å². The van der Waals surface area contributed by atoms with Crippen LogP contribution < -0.4 is 4.74 Å². The zero-order valence-corrected chi connectivity index (χ0v) is 12.1. The molecule has 1 heterocycles. The zero-order chi connectivity index (χ0) is 17.3. The quantitative estimate of drug-likeness (QED) is 0.329. The highest BCUT2D eigenvalue weighted by atomic mass is 16.6. The van der Waals surface area contributed by atoms with Crippen molar-refractivity contribution in [3.63, 3.8) is 0 Å². The van der Waals surface area contributed by atoms with Crippen molar-refractivity contribution in [2.24, 2.45) is 0 Å². The molecule has 8 heteroatoms. The molecule has 8 nitrogen and oxygen atoms in total. The second kappa shape index (κ2) is 5.84. The van der Waals surface area contributed by atoms with Gasteiger partial charge in [-0.15, -0.1) is 0 Å². The van der Waals surface area contributed by atoms with Crippen molar-refractivity contribution >= 4 is 28.5 Å². The van der Waals surface area contributed by atoms with Crippen molar-refractivity contribution in [1.29, 1.82) is 0 Å². The number of fused-ring (bicyclic) bond motifs is 1. The number of carboxylic acids is 1. The maximum absolute atomic E-state index is 12.2. The van der Waals surface area contributed by atoms with Gasteiger partial charge in [-0.25, -0.2) is 9.59 Å². The van der Waals surface area contributed by atoms with E-state index in [1.807, 2.05) is 0 Å². The zero-order valence-electron chi connectivity index (χ0n) is 12.1. The van der Waals surface area contributed by atoms with Crippen LogP contribution in [0.1, 0.15) is 20.7 Å². The van der Waals surface area contributed by atoms with Gasteiger partial charge in [0.2, 0.25) is 5.75 Å². The van der Waals surface area contributed by atoms with Gasteiger partial charge in [-0.05, 0) is 36.4 Å². The average molecular weight is 326 g/mol. The summed E-state index contributed by atoms with van der Waals surface area (Å²) in [6, 6.07) is 9.65. The summed E-state index contributed by atoms with van der Waals surface area (Å²) in [5.74, 6) is -2.40. The summed E-state index contributed by atoms with van der Waals surface area (Å²) in [5, 5.41) is 20.8. The van der Waals surface area contributed by atoms with E-state index < -0.39 is 22.5 Å². The Labute approximate surface area is 134 Å². The number of ether oxygens (including phenoxy) is 1. The van der Waals surface area contributed by atoms with Crippen molar-refractivity contribution in [2.45, 2.75) is 0 Å². The number of nitro benzene ring substituents is 1. The summed E-state index contributed by atoms with van der Waals surface area (Å²) in [5.41, 5.74) is 0.197. The molecule has 1 aromatic heterocycles. The van der Waals surface area contributed by atoms with Crippen LogP contribution in [0.15, 0.2) is 48.7 Å². The van der Waals surface area contributed by atoms with Gasteiger partial charge in [0.15, 0.2) is 0 Å².